The number of hydrogen-bond acceptors (Lipinski definition) is 8. The van der Waals surface area contributed by atoms with Crippen molar-refractivity contribution in [3.8, 4) is 0 Å². The number of unbranched alkanes of at least 4 members (excludes halogenated alkanes) is 37. The topological polar surface area (TPSA) is 149 Å². The average Bonchev–Trinajstić information content (AvgIpc) is 3.35. The van der Waals surface area contributed by atoms with Crippen molar-refractivity contribution in [2.75, 3.05) is 13.2 Å². The highest BCUT2D eigenvalue weighted by Gasteiger charge is 2.44. The van der Waals surface area contributed by atoms with Crippen LogP contribution in [-0.2, 0) is 14.3 Å². The third kappa shape index (κ3) is 39.6. The molecule has 0 aromatic heterocycles. The Hall–Kier alpha value is -1.59. The largest absolute Gasteiger partial charge is 0.394 e. The van der Waals surface area contributed by atoms with Gasteiger partial charge in [-0.25, -0.2) is 0 Å². The zero-order valence-corrected chi connectivity index (χ0v) is 45.1. The number of hydrogen-bond donors (Lipinski definition) is 6. The predicted molar refractivity (Wildman–Crippen MR) is 290 cm³/mol. The number of nitrogens with one attached hydrogen (secondary N) is 1. The molecule has 0 aliphatic carbocycles. The first-order chi connectivity index (χ1) is 33.8. The van der Waals surface area contributed by atoms with Gasteiger partial charge in [0.25, 0.3) is 0 Å². The molecule has 0 bridgehead atoms. The molecular weight excluding hydrogens is 863 g/mol. The van der Waals surface area contributed by atoms with Crippen LogP contribution in [0.25, 0.3) is 0 Å². The van der Waals surface area contributed by atoms with Crippen LogP contribution in [0.15, 0.2) is 36.5 Å². The first-order valence-corrected chi connectivity index (χ1v) is 29.7. The molecule has 7 atom stereocenters. The van der Waals surface area contributed by atoms with Gasteiger partial charge in [-0.1, -0.05) is 269 Å². The molecule has 1 aliphatic heterocycles. The molecule has 9 nitrogen and oxygen atoms in total. The van der Waals surface area contributed by atoms with Crippen molar-refractivity contribution in [1.29, 1.82) is 0 Å². The van der Waals surface area contributed by atoms with Crippen LogP contribution in [0.5, 0.6) is 0 Å². The second-order valence-corrected chi connectivity index (χ2v) is 20.8. The number of aliphatic hydroxyl groups is 5. The van der Waals surface area contributed by atoms with E-state index in [1.165, 1.54) is 218 Å². The van der Waals surface area contributed by atoms with Crippen LogP contribution >= 0.6 is 0 Å². The molecule has 0 aromatic rings. The van der Waals surface area contributed by atoms with Crippen LogP contribution in [0.3, 0.4) is 0 Å². The summed E-state index contributed by atoms with van der Waals surface area (Å²) in [6.07, 6.45) is 57.9. The molecule has 1 heterocycles. The molecule has 7 unspecified atom stereocenters. The number of ether oxygens (including phenoxy) is 2. The summed E-state index contributed by atoms with van der Waals surface area (Å²) in [4.78, 5) is 13.1. The molecule has 1 amide bonds. The monoisotopic (exact) mass is 976 g/mol. The molecular formula is C60H113NO8. The number of carbonyl (C=O) groups is 1. The number of aliphatic hydroxyl groups excluding tert-OH is 5. The highest BCUT2D eigenvalue weighted by molar-refractivity contribution is 5.76. The second-order valence-electron chi connectivity index (χ2n) is 20.8. The van der Waals surface area contributed by atoms with E-state index in [0.29, 0.717) is 6.42 Å². The van der Waals surface area contributed by atoms with Gasteiger partial charge in [0.05, 0.1) is 25.4 Å². The van der Waals surface area contributed by atoms with Gasteiger partial charge in [0, 0.05) is 6.42 Å². The Bertz CT molecular complexity index is 1180. The SMILES string of the molecule is CCCCCCCCCCCCCCCC/C=C/CC/C=C/CC/C=C/C(O)C(COC1OC(CO)C(O)C(O)C1O)NC(=O)CCCCCCCCCCCCCCCCCCCCCCCC. The van der Waals surface area contributed by atoms with Crippen LogP contribution in [-0.4, -0.2) is 87.5 Å². The molecule has 1 saturated heterocycles. The highest BCUT2D eigenvalue weighted by atomic mass is 16.7. The van der Waals surface area contributed by atoms with Crippen LogP contribution in [0, 0.1) is 0 Å². The fraction of sp³-hybridized carbons (Fsp3) is 0.883. The first kappa shape index (κ1) is 65.4. The molecule has 406 valence electrons. The second kappa shape index (κ2) is 50.0. The van der Waals surface area contributed by atoms with E-state index in [1.54, 1.807) is 6.08 Å². The van der Waals surface area contributed by atoms with Gasteiger partial charge >= 0.3 is 0 Å². The van der Waals surface area contributed by atoms with Crippen molar-refractivity contribution in [1.82, 2.24) is 5.32 Å². The Kier molecular flexibility index (Phi) is 47.4. The standard InChI is InChI=1S/C60H113NO8/c1-3-5-7-9-11-13-15-17-19-21-23-25-27-28-29-31-33-35-37-39-41-43-45-47-49-54(63)53(52-68-60-59(67)58(66)57(65)55(51-62)69-60)61-56(64)50-48-46-44-42-40-38-36-34-32-30-26-24-22-20-18-16-14-12-10-8-6-4-2/h31,33,39,41,47,49,53-55,57-60,62-63,65-67H,3-30,32,34-38,40,42-46,48,50-52H2,1-2H3,(H,61,64)/b33-31+,41-39+,49-47+. The zero-order valence-electron chi connectivity index (χ0n) is 45.1. The minimum atomic E-state index is -1.57. The smallest absolute Gasteiger partial charge is 0.220 e. The molecule has 0 radical (unpaired) electrons. The maximum absolute atomic E-state index is 13.1. The quantitative estimate of drug-likeness (QED) is 0.0261. The Morgan fingerprint density at radius 1 is 0.478 bits per heavy atom. The van der Waals surface area contributed by atoms with E-state index in [2.05, 4.69) is 43.5 Å². The Balaban J connectivity index is 2.25. The van der Waals surface area contributed by atoms with Crippen LogP contribution in [0.2, 0.25) is 0 Å². The number of amides is 1. The Labute approximate surface area is 425 Å². The summed E-state index contributed by atoms with van der Waals surface area (Å²) >= 11 is 0. The molecule has 0 aromatic carbocycles. The molecule has 0 spiro atoms. The molecule has 0 saturated carbocycles. The summed E-state index contributed by atoms with van der Waals surface area (Å²) in [5, 5.41) is 54.5. The lowest BCUT2D eigenvalue weighted by Gasteiger charge is -2.40. The summed E-state index contributed by atoms with van der Waals surface area (Å²) in [5.74, 6) is -0.186. The van der Waals surface area contributed by atoms with Gasteiger partial charge in [-0.05, 0) is 44.9 Å². The van der Waals surface area contributed by atoms with Gasteiger partial charge in [-0.15, -0.1) is 0 Å². The summed E-state index contributed by atoms with van der Waals surface area (Å²) in [5.41, 5.74) is 0. The Morgan fingerprint density at radius 2 is 0.826 bits per heavy atom. The lowest BCUT2D eigenvalue weighted by molar-refractivity contribution is -0.302. The van der Waals surface area contributed by atoms with Crippen molar-refractivity contribution < 1.29 is 39.8 Å². The van der Waals surface area contributed by atoms with E-state index in [4.69, 9.17) is 9.47 Å². The Morgan fingerprint density at radius 3 is 1.22 bits per heavy atom. The van der Waals surface area contributed by atoms with Crippen molar-refractivity contribution in [2.24, 2.45) is 0 Å². The van der Waals surface area contributed by atoms with Gasteiger partial charge < -0.3 is 40.3 Å². The molecule has 6 N–H and O–H groups in total. The summed E-state index contributed by atoms with van der Waals surface area (Å²) in [7, 11) is 0. The van der Waals surface area contributed by atoms with Crippen molar-refractivity contribution in [3.63, 3.8) is 0 Å². The van der Waals surface area contributed by atoms with Crippen molar-refractivity contribution in [2.45, 2.75) is 326 Å². The molecule has 1 rings (SSSR count). The highest BCUT2D eigenvalue weighted by Crippen LogP contribution is 2.23. The van der Waals surface area contributed by atoms with Crippen molar-refractivity contribution >= 4 is 5.91 Å². The normalized spacial score (nSPS) is 19.7. The summed E-state index contributed by atoms with van der Waals surface area (Å²) in [6.45, 7) is 3.79. The van der Waals surface area contributed by atoms with Gasteiger partial charge in [0.15, 0.2) is 6.29 Å². The van der Waals surface area contributed by atoms with Gasteiger partial charge in [-0.2, -0.15) is 0 Å². The van der Waals surface area contributed by atoms with Crippen molar-refractivity contribution in [3.05, 3.63) is 36.5 Å². The maximum Gasteiger partial charge on any atom is 0.220 e. The molecule has 1 fully saturated rings. The summed E-state index contributed by atoms with van der Waals surface area (Å²) < 4.78 is 11.3. The number of rotatable bonds is 51. The van der Waals surface area contributed by atoms with E-state index in [0.717, 1.165) is 44.9 Å². The summed E-state index contributed by atoms with van der Waals surface area (Å²) in [6, 6.07) is -0.826. The predicted octanol–water partition coefficient (Wildman–Crippen LogP) is 14.7. The van der Waals surface area contributed by atoms with Gasteiger partial charge in [-0.3, -0.25) is 4.79 Å². The first-order valence-electron chi connectivity index (χ1n) is 29.7. The van der Waals surface area contributed by atoms with E-state index in [-0.39, 0.29) is 12.5 Å². The number of allylic oxidation sites excluding steroid dienone is 5. The van der Waals surface area contributed by atoms with E-state index < -0.39 is 49.5 Å². The zero-order chi connectivity index (χ0) is 50.1. The molecule has 1 aliphatic rings. The fourth-order valence-corrected chi connectivity index (χ4v) is 9.49. The minimum absolute atomic E-state index is 0.186. The third-order valence-corrected chi connectivity index (χ3v) is 14.2. The third-order valence-electron chi connectivity index (χ3n) is 14.2. The lowest BCUT2D eigenvalue weighted by Crippen LogP contribution is -2.60. The molecule has 9 heteroatoms. The van der Waals surface area contributed by atoms with E-state index in [9.17, 15) is 30.3 Å². The minimum Gasteiger partial charge on any atom is -0.394 e. The molecule has 69 heavy (non-hydrogen) atoms. The average molecular weight is 977 g/mol. The van der Waals surface area contributed by atoms with Crippen LogP contribution in [0.1, 0.15) is 284 Å². The van der Waals surface area contributed by atoms with Crippen LogP contribution < -0.4 is 5.32 Å². The van der Waals surface area contributed by atoms with Crippen LogP contribution in [0.4, 0.5) is 0 Å². The fourth-order valence-electron chi connectivity index (χ4n) is 9.49. The van der Waals surface area contributed by atoms with Gasteiger partial charge in [0.2, 0.25) is 5.91 Å². The van der Waals surface area contributed by atoms with E-state index >= 15 is 0 Å². The maximum atomic E-state index is 13.1. The van der Waals surface area contributed by atoms with E-state index in [1.807, 2.05) is 6.08 Å². The van der Waals surface area contributed by atoms with Gasteiger partial charge in [0.1, 0.15) is 24.4 Å². The lowest BCUT2D eigenvalue weighted by atomic mass is 9.99. The number of carbonyl (C=O) groups excluding carboxylic acids is 1.